The second-order valence-electron chi connectivity index (χ2n) is 7.15. The number of aromatic nitrogens is 4. The van der Waals surface area contributed by atoms with Crippen LogP contribution in [0.15, 0.2) is 33.9 Å². The molecule has 0 atom stereocenters. The Labute approximate surface area is 162 Å². The molecule has 0 aliphatic carbocycles. The average molecular weight is 383 g/mol. The van der Waals surface area contributed by atoms with Crippen molar-refractivity contribution >= 4 is 22.8 Å². The van der Waals surface area contributed by atoms with Gasteiger partial charge in [0.1, 0.15) is 5.75 Å². The van der Waals surface area contributed by atoms with Gasteiger partial charge in [-0.3, -0.25) is 13.9 Å². The molecule has 148 valence electrons. The second kappa shape index (κ2) is 7.18. The van der Waals surface area contributed by atoms with E-state index in [0.717, 1.165) is 35.3 Å². The van der Waals surface area contributed by atoms with E-state index >= 15 is 0 Å². The molecule has 28 heavy (non-hydrogen) atoms. The molecule has 1 aliphatic heterocycles. The Morgan fingerprint density at radius 1 is 1.11 bits per heavy atom. The molecule has 0 spiro atoms. The Hall–Kier alpha value is -3.03. The van der Waals surface area contributed by atoms with Crippen molar-refractivity contribution in [1.82, 2.24) is 18.7 Å². The summed E-state index contributed by atoms with van der Waals surface area (Å²) < 4.78 is 10.3. The van der Waals surface area contributed by atoms with E-state index in [1.165, 1.54) is 11.6 Å². The number of unbranched alkanes of at least 4 members (excludes halogenated alkanes) is 2. The summed E-state index contributed by atoms with van der Waals surface area (Å²) in [4.78, 5) is 31.5. The number of imidazole rings is 1. The van der Waals surface area contributed by atoms with Gasteiger partial charge in [-0.05, 0) is 18.6 Å². The molecular formula is C20H25N5O3. The lowest BCUT2D eigenvalue weighted by atomic mass is 10.2. The number of benzene rings is 1. The predicted molar refractivity (Wildman–Crippen MR) is 109 cm³/mol. The average Bonchev–Trinajstić information content (AvgIpc) is 3.27. The van der Waals surface area contributed by atoms with Crippen LogP contribution in [-0.4, -0.2) is 31.8 Å². The van der Waals surface area contributed by atoms with Gasteiger partial charge in [0, 0.05) is 38.9 Å². The fourth-order valence-corrected chi connectivity index (χ4v) is 3.68. The van der Waals surface area contributed by atoms with Crippen LogP contribution in [0.3, 0.4) is 0 Å². The van der Waals surface area contributed by atoms with Gasteiger partial charge in [-0.15, -0.1) is 0 Å². The molecule has 3 aromatic rings. The summed E-state index contributed by atoms with van der Waals surface area (Å²) in [5.74, 6) is 1.50. The van der Waals surface area contributed by atoms with Gasteiger partial charge in [0.15, 0.2) is 11.2 Å². The van der Waals surface area contributed by atoms with E-state index in [1.54, 1.807) is 7.05 Å². The Kier molecular flexibility index (Phi) is 4.70. The Bertz CT molecular complexity index is 1140. The quantitative estimate of drug-likeness (QED) is 0.610. The number of anilines is 2. The molecule has 0 bridgehead atoms. The third-order valence-electron chi connectivity index (χ3n) is 5.26. The summed E-state index contributed by atoms with van der Waals surface area (Å²) in [6.45, 7) is 4.22. The van der Waals surface area contributed by atoms with E-state index in [-0.39, 0.29) is 11.2 Å². The fraction of sp³-hybridized carbons (Fsp3) is 0.450. The van der Waals surface area contributed by atoms with Gasteiger partial charge in [-0.25, -0.2) is 4.79 Å². The molecule has 1 aromatic carbocycles. The van der Waals surface area contributed by atoms with Crippen molar-refractivity contribution in [3.8, 4) is 5.75 Å². The minimum Gasteiger partial charge on any atom is -0.494 e. The zero-order chi connectivity index (χ0) is 19.8. The van der Waals surface area contributed by atoms with Gasteiger partial charge >= 0.3 is 5.69 Å². The van der Waals surface area contributed by atoms with E-state index in [0.29, 0.717) is 36.8 Å². The van der Waals surface area contributed by atoms with E-state index in [2.05, 4.69) is 16.8 Å². The first-order valence-electron chi connectivity index (χ1n) is 9.69. The number of nitrogens with zero attached hydrogens (tertiary/aromatic N) is 5. The summed E-state index contributed by atoms with van der Waals surface area (Å²) in [7, 11) is 3.14. The number of hydrogen-bond acceptors (Lipinski definition) is 5. The van der Waals surface area contributed by atoms with Crippen molar-refractivity contribution in [2.24, 2.45) is 14.1 Å². The van der Waals surface area contributed by atoms with Crippen LogP contribution in [0, 0.1) is 0 Å². The minimum atomic E-state index is -0.372. The third-order valence-corrected chi connectivity index (χ3v) is 5.26. The highest BCUT2D eigenvalue weighted by atomic mass is 16.5. The Morgan fingerprint density at radius 2 is 1.93 bits per heavy atom. The van der Waals surface area contributed by atoms with Crippen LogP contribution in [0.25, 0.3) is 11.2 Å². The van der Waals surface area contributed by atoms with Crippen LogP contribution in [-0.2, 0) is 20.6 Å². The van der Waals surface area contributed by atoms with Crippen molar-refractivity contribution in [3.05, 3.63) is 45.1 Å². The maximum absolute atomic E-state index is 12.6. The van der Waals surface area contributed by atoms with Crippen LogP contribution >= 0.6 is 0 Å². The molecule has 8 nitrogen and oxygen atoms in total. The standard InChI is InChI=1S/C20H25N5O3/c1-4-5-6-12-28-15-9-7-8-14(13-15)24-10-11-25-16-17(21-19(24)25)22(2)20(27)23(3)18(16)26/h7-9,13H,4-6,10-12H2,1-3H3. The first kappa shape index (κ1) is 18.3. The molecule has 0 saturated carbocycles. The lowest BCUT2D eigenvalue weighted by molar-refractivity contribution is 0.306. The monoisotopic (exact) mass is 383 g/mol. The zero-order valence-corrected chi connectivity index (χ0v) is 16.5. The first-order valence-corrected chi connectivity index (χ1v) is 9.69. The van der Waals surface area contributed by atoms with Crippen molar-refractivity contribution < 1.29 is 4.74 Å². The summed E-state index contributed by atoms with van der Waals surface area (Å²) >= 11 is 0. The van der Waals surface area contributed by atoms with Gasteiger partial charge < -0.3 is 14.2 Å². The molecule has 2 aromatic heterocycles. The molecular weight excluding hydrogens is 358 g/mol. The van der Waals surface area contributed by atoms with Crippen LogP contribution in [0.4, 0.5) is 11.6 Å². The smallest absolute Gasteiger partial charge is 0.332 e. The van der Waals surface area contributed by atoms with E-state index in [9.17, 15) is 9.59 Å². The van der Waals surface area contributed by atoms with Crippen molar-refractivity contribution in [2.45, 2.75) is 32.7 Å². The van der Waals surface area contributed by atoms with Crippen LogP contribution < -0.4 is 20.9 Å². The Balaban J connectivity index is 1.71. The van der Waals surface area contributed by atoms with Gasteiger partial charge in [-0.1, -0.05) is 25.8 Å². The molecule has 0 fully saturated rings. The number of rotatable bonds is 6. The summed E-state index contributed by atoms with van der Waals surface area (Å²) in [5, 5.41) is 0. The zero-order valence-electron chi connectivity index (χ0n) is 16.5. The lowest BCUT2D eigenvalue weighted by Crippen LogP contribution is -2.37. The van der Waals surface area contributed by atoms with E-state index in [1.807, 2.05) is 28.8 Å². The van der Waals surface area contributed by atoms with Crippen LogP contribution in [0.1, 0.15) is 26.2 Å². The van der Waals surface area contributed by atoms with E-state index < -0.39 is 0 Å². The fourth-order valence-electron chi connectivity index (χ4n) is 3.68. The molecule has 4 rings (SSSR count). The first-order chi connectivity index (χ1) is 13.5. The maximum atomic E-state index is 12.6. The van der Waals surface area contributed by atoms with Crippen LogP contribution in [0.5, 0.6) is 5.75 Å². The summed E-state index contributed by atoms with van der Waals surface area (Å²) in [6, 6.07) is 7.92. The number of hydrogen-bond donors (Lipinski definition) is 0. The van der Waals surface area contributed by atoms with Crippen molar-refractivity contribution in [2.75, 3.05) is 18.1 Å². The second-order valence-corrected chi connectivity index (χ2v) is 7.15. The van der Waals surface area contributed by atoms with Crippen molar-refractivity contribution in [1.29, 1.82) is 0 Å². The number of fused-ring (bicyclic) bond motifs is 3. The SMILES string of the molecule is CCCCCOc1cccc(N2CCn3c2nc2c3c(=O)n(C)c(=O)n2C)c1. The molecule has 0 unspecified atom stereocenters. The van der Waals surface area contributed by atoms with Gasteiger partial charge in [0.2, 0.25) is 5.95 Å². The highest BCUT2D eigenvalue weighted by Gasteiger charge is 2.28. The summed E-state index contributed by atoms with van der Waals surface area (Å²) in [5.41, 5.74) is 1.16. The van der Waals surface area contributed by atoms with Gasteiger partial charge in [0.05, 0.1) is 6.61 Å². The van der Waals surface area contributed by atoms with Gasteiger partial charge in [-0.2, -0.15) is 4.98 Å². The highest BCUT2D eigenvalue weighted by molar-refractivity contribution is 5.77. The van der Waals surface area contributed by atoms with E-state index in [4.69, 9.17) is 4.74 Å². The molecule has 0 saturated heterocycles. The van der Waals surface area contributed by atoms with Gasteiger partial charge in [0.25, 0.3) is 5.56 Å². The molecule has 3 heterocycles. The minimum absolute atomic E-state index is 0.313. The highest BCUT2D eigenvalue weighted by Crippen LogP contribution is 2.33. The topological polar surface area (TPSA) is 74.3 Å². The molecule has 0 radical (unpaired) electrons. The molecule has 1 aliphatic rings. The predicted octanol–water partition coefficient (Wildman–Crippen LogP) is 2.15. The number of aryl methyl sites for hydroxylation is 1. The number of ether oxygens (including phenoxy) is 1. The normalized spacial score (nSPS) is 13.3. The van der Waals surface area contributed by atoms with Crippen LogP contribution in [0.2, 0.25) is 0 Å². The Morgan fingerprint density at radius 3 is 2.71 bits per heavy atom. The molecule has 0 amide bonds. The maximum Gasteiger partial charge on any atom is 0.332 e. The third kappa shape index (κ3) is 2.89. The molecule has 8 heteroatoms. The molecule has 0 N–H and O–H groups in total. The largest absolute Gasteiger partial charge is 0.494 e. The van der Waals surface area contributed by atoms with Crippen molar-refractivity contribution in [3.63, 3.8) is 0 Å². The lowest BCUT2D eigenvalue weighted by Gasteiger charge is -2.17. The summed E-state index contributed by atoms with van der Waals surface area (Å²) in [6.07, 6.45) is 3.36.